The van der Waals surface area contributed by atoms with E-state index in [0.29, 0.717) is 17.7 Å². The van der Waals surface area contributed by atoms with Gasteiger partial charge in [-0.1, -0.05) is 6.42 Å². The molecule has 1 amide bonds. The first-order valence-electron chi connectivity index (χ1n) is 7.60. The van der Waals surface area contributed by atoms with E-state index in [-0.39, 0.29) is 23.6 Å². The third-order valence-electron chi connectivity index (χ3n) is 4.02. The number of ether oxygens (including phenoxy) is 1. The second-order valence-corrected chi connectivity index (χ2v) is 5.99. The van der Waals surface area contributed by atoms with E-state index in [1.54, 1.807) is 13.0 Å². The molecular formula is C16H21F3N2O2. The molecule has 1 aliphatic carbocycles. The minimum atomic E-state index is -4.38. The van der Waals surface area contributed by atoms with Gasteiger partial charge in [-0.05, 0) is 49.4 Å². The van der Waals surface area contributed by atoms with E-state index < -0.39 is 12.8 Å². The zero-order chi connectivity index (χ0) is 17.0. The lowest BCUT2D eigenvalue weighted by Gasteiger charge is -2.16. The maximum absolute atomic E-state index is 12.2. The number of alkyl halides is 3. The summed E-state index contributed by atoms with van der Waals surface area (Å²) in [6.07, 6.45) is -1.06. The molecule has 23 heavy (non-hydrogen) atoms. The number of carbonyl (C=O) groups excluding carboxylic acids is 1. The van der Waals surface area contributed by atoms with Crippen LogP contribution >= 0.6 is 0 Å². The fourth-order valence-electron chi connectivity index (χ4n) is 2.82. The Morgan fingerprint density at radius 3 is 2.70 bits per heavy atom. The number of amides is 1. The van der Waals surface area contributed by atoms with Crippen LogP contribution in [-0.4, -0.2) is 24.7 Å². The van der Waals surface area contributed by atoms with E-state index in [0.717, 1.165) is 19.3 Å². The predicted molar refractivity (Wildman–Crippen MR) is 81.3 cm³/mol. The molecule has 1 saturated carbocycles. The lowest BCUT2D eigenvalue weighted by Crippen LogP contribution is -2.28. The molecule has 0 spiro atoms. The van der Waals surface area contributed by atoms with Crippen molar-refractivity contribution in [3.63, 3.8) is 0 Å². The lowest BCUT2D eigenvalue weighted by molar-refractivity contribution is -0.153. The summed E-state index contributed by atoms with van der Waals surface area (Å²) >= 11 is 0. The van der Waals surface area contributed by atoms with Gasteiger partial charge in [0.1, 0.15) is 5.75 Å². The molecule has 128 valence electrons. The van der Waals surface area contributed by atoms with Gasteiger partial charge in [0.25, 0.3) is 0 Å². The van der Waals surface area contributed by atoms with Crippen LogP contribution in [0.1, 0.15) is 31.2 Å². The molecular weight excluding hydrogens is 309 g/mol. The molecule has 0 radical (unpaired) electrons. The SMILES string of the molecule is Cc1cc(NC(=O)C[C@@H]2CCC[C@H]2N)ccc1OCC(F)(F)F. The summed E-state index contributed by atoms with van der Waals surface area (Å²) in [7, 11) is 0. The van der Waals surface area contributed by atoms with Crippen molar-refractivity contribution in [2.24, 2.45) is 11.7 Å². The zero-order valence-corrected chi connectivity index (χ0v) is 13.0. The van der Waals surface area contributed by atoms with Crippen molar-refractivity contribution >= 4 is 11.6 Å². The van der Waals surface area contributed by atoms with Crippen LogP contribution in [0.4, 0.5) is 18.9 Å². The number of carbonyl (C=O) groups is 1. The van der Waals surface area contributed by atoms with Crippen LogP contribution in [0.25, 0.3) is 0 Å². The zero-order valence-electron chi connectivity index (χ0n) is 13.0. The van der Waals surface area contributed by atoms with Crippen LogP contribution in [-0.2, 0) is 4.79 Å². The number of nitrogens with two attached hydrogens (primary N) is 1. The van der Waals surface area contributed by atoms with Gasteiger partial charge in [-0.3, -0.25) is 4.79 Å². The van der Waals surface area contributed by atoms with Crippen molar-refractivity contribution < 1.29 is 22.7 Å². The first kappa shape index (κ1) is 17.6. The third-order valence-corrected chi connectivity index (χ3v) is 4.02. The molecule has 2 rings (SSSR count). The fraction of sp³-hybridized carbons (Fsp3) is 0.562. The van der Waals surface area contributed by atoms with Gasteiger partial charge in [0, 0.05) is 18.2 Å². The Balaban J connectivity index is 1.90. The van der Waals surface area contributed by atoms with Crippen LogP contribution in [0, 0.1) is 12.8 Å². The van der Waals surface area contributed by atoms with Crippen LogP contribution < -0.4 is 15.8 Å². The average Bonchev–Trinajstić information content (AvgIpc) is 2.82. The molecule has 1 aromatic carbocycles. The molecule has 0 unspecified atom stereocenters. The molecule has 2 atom stereocenters. The maximum Gasteiger partial charge on any atom is 0.422 e. The second-order valence-electron chi connectivity index (χ2n) is 5.99. The Morgan fingerprint density at radius 1 is 1.39 bits per heavy atom. The predicted octanol–water partition coefficient (Wildman–Crippen LogP) is 3.39. The molecule has 4 nitrogen and oxygen atoms in total. The molecule has 1 fully saturated rings. The largest absolute Gasteiger partial charge is 0.484 e. The van der Waals surface area contributed by atoms with Crippen LogP contribution in [0.2, 0.25) is 0 Å². The summed E-state index contributed by atoms with van der Waals surface area (Å²) in [4.78, 5) is 12.0. The molecule has 0 heterocycles. The monoisotopic (exact) mass is 330 g/mol. The van der Waals surface area contributed by atoms with Crippen molar-refractivity contribution in [3.8, 4) is 5.75 Å². The number of halogens is 3. The minimum Gasteiger partial charge on any atom is -0.484 e. The Morgan fingerprint density at radius 2 is 2.13 bits per heavy atom. The molecule has 1 aromatic rings. The number of hydrogen-bond acceptors (Lipinski definition) is 3. The van der Waals surface area contributed by atoms with Gasteiger partial charge >= 0.3 is 6.18 Å². The van der Waals surface area contributed by atoms with Crippen molar-refractivity contribution in [1.82, 2.24) is 0 Å². The van der Waals surface area contributed by atoms with Gasteiger partial charge in [-0.2, -0.15) is 13.2 Å². The summed E-state index contributed by atoms with van der Waals surface area (Å²) in [6, 6.07) is 4.63. The molecule has 7 heteroatoms. The number of nitrogens with one attached hydrogen (secondary N) is 1. The van der Waals surface area contributed by atoms with Crippen molar-refractivity contribution in [3.05, 3.63) is 23.8 Å². The number of anilines is 1. The Hall–Kier alpha value is -1.76. The Kier molecular flexibility index (Phi) is 5.51. The van der Waals surface area contributed by atoms with Gasteiger partial charge < -0.3 is 15.8 Å². The first-order chi connectivity index (χ1) is 10.7. The summed E-state index contributed by atoms with van der Waals surface area (Å²) in [5.41, 5.74) is 7.02. The van der Waals surface area contributed by atoms with E-state index in [1.807, 2.05) is 0 Å². The topological polar surface area (TPSA) is 64.4 Å². The highest BCUT2D eigenvalue weighted by Crippen LogP contribution is 2.28. The van der Waals surface area contributed by atoms with Crippen molar-refractivity contribution in [2.75, 3.05) is 11.9 Å². The highest BCUT2D eigenvalue weighted by molar-refractivity contribution is 5.91. The van der Waals surface area contributed by atoms with Crippen molar-refractivity contribution in [2.45, 2.75) is 44.8 Å². The van der Waals surface area contributed by atoms with Crippen LogP contribution in [0.5, 0.6) is 5.75 Å². The van der Waals surface area contributed by atoms with Crippen LogP contribution in [0.3, 0.4) is 0 Å². The first-order valence-corrected chi connectivity index (χ1v) is 7.60. The maximum atomic E-state index is 12.2. The number of benzene rings is 1. The summed E-state index contributed by atoms with van der Waals surface area (Å²) < 4.78 is 41.2. The van der Waals surface area contributed by atoms with Gasteiger partial charge in [-0.15, -0.1) is 0 Å². The van der Waals surface area contributed by atoms with E-state index in [9.17, 15) is 18.0 Å². The van der Waals surface area contributed by atoms with E-state index in [4.69, 9.17) is 10.5 Å². The molecule has 0 bridgehead atoms. The van der Waals surface area contributed by atoms with Gasteiger partial charge in [0.05, 0.1) is 0 Å². The average molecular weight is 330 g/mol. The van der Waals surface area contributed by atoms with Crippen molar-refractivity contribution in [1.29, 1.82) is 0 Å². The fourth-order valence-corrected chi connectivity index (χ4v) is 2.82. The molecule has 0 aliphatic heterocycles. The second kappa shape index (κ2) is 7.21. The normalized spacial score (nSPS) is 21.3. The summed E-state index contributed by atoms with van der Waals surface area (Å²) in [5.74, 6) is 0.222. The highest BCUT2D eigenvalue weighted by Gasteiger charge is 2.29. The number of hydrogen-bond donors (Lipinski definition) is 2. The molecule has 0 saturated heterocycles. The third kappa shape index (κ3) is 5.42. The standard InChI is InChI=1S/C16H21F3N2O2/c1-10-7-12(5-6-14(10)23-9-16(17,18)19)21-15(22)8-11-3-2-4-13(11)20/h5-7,11,13H,2-4,8-9,20H2,1H3,(H,21,22)/t11-,13+/m0/s1. The van der Waals surface area contributed by atoms with Gasteiger partial charge in [0.15, 0.2) is 6.61 Å². The highest BCUT2D eigenvalue weighted by atomic mass is 19.4. The molecule has 3 N–H and O–H groups in total. The number of aryl methyl sites for hydroxylation is 1. The molecule has 1 aliphatic rings. The Bertz CT molecular complexity index is 561. The number of rotatable bonds is 5. The Labute approximate surface area is 133 Å². The summed E-state index contributed by atoms with van der Waals surface area (Å²) in [6.45, 7) is 0.299. The smallest absolute Gasteiger partial charge is 0.422 e. The van der Waals surface area contributed by atoms with E-state index in [2.05, 4.69) is 5.32 Å². The summed E-state index contributed by atoms with van der Waals surface area (Å²) in [5, 5.41) is 2.76. The lowest BCUT2D eigenvalue weighted by atomic mass is 10.00. The van der Waals surface area contributed by atoms with Crippen LogP contribution in [0.15, 0.2) is 18.2 Å². The molecule has 0 aromatic heterocycles. The quantitative estimate of drug-likeness (QED) is 0.870. The minimum absolute atomic E-state index is 0.0700. The van der Waals surface area contributed by atoms with E-state index in [1.165, 1.54) is 12.1 Å². The van der Waals surface area contributed by atoms with Gasteiger partial charge in [-0.25, -0.2) is 0 Å². The van der Waals surface area contributed by atoms with Gasteiger partial charge in [0.2, 0.25) is 5.91 Å². The van der Waals surface area contributed by atoms with E-state index >= 15 is 0 Å².